The number of hydrogen-bond donors (Lipinski definition) is 1. The predicted molar refractivity (Wildman–Crippen MR) is 109 cm³/mol. The van der Waals surface area contributed by atoms with E-state index in [2.05, 4.69) is 31.2 Å². The van der Waals surface area contributed by atoms with E-state index >= 15 is 0 Å². The van der Waals surface area contributed by atoms with E-state index in [0.717, 1.165) is 49.7 Å². The van der Waals surface area contributed by atoms with Gasteiger partial charge in [-0.25, -0.2) is 9.97 Å². The highest BCUT2D eigenvalue weighted by molar-refractivity contribution is 6.03. The zero-order chi connectivity index (χ0) is 19.3. The van der Waals surface area contributed by atoms with E-state index in [1.165, 1.54) is 12.8 Å². The zero-order valence-electron chi connectivity index (χ0n) is 16.4. The van der Waals surface area contributed by atoms with Crippen LogP contribution in [0.3, 0.4) is 0 Å². The Kier molecular flexibility index (Phi) is 5.83. The van der Waals surface area contributed by atoms with Gasteiger partial charge in [-0.1, -0.05) is 18.2 Å². The van der Waals surface area contributed by atoms with Crippen molar-refractivity contribution in [1.29, 1.82) is 0 Å². The van der Waals surface area contributed by atoms with E-state index in [1.807, 2.05) is 25.1 Å². The first-order chi connectivity index (χ1) is 13.7. The van der Waals surface area contributed by atoms with Gasteiger partial charge < -0.3 is 15.0 Å². The van der Waals surface area contributed by atoms with Gasteiger partial charge in [0.15, 0.2) is 0 Å². The van der Waals surface area contributed by atoms with Gasteiger partial charge in [0.2, 0.25) is 5.95 Å². The van der Waals surface area contributed by atoms with Crippen molar-refractivity contribution in [3.8, 4) is 0 Å². The van der Waals surface area contributed by atoms with Gasteiger partial charge in [0.25, 0.3) is 5.91 Å². The lowest BCUT2D eigenvalue weighted by atomic mass is 10.1. The SMILES string of the molecule is Cc1cc(C(=O)Nc2ccccc2CN2CCCC2)nc(N2CCOCC2)n1. The first kappa shape index (κ1) is 18.8. The van der Waals surface area contributed by atoms with E-state index in [-0.39, 0.29) is 5.91 Å². The van der Waals surface area contributed by atoms with Crippen molar-refractivity contribution in [3.63, 3.8) is 0 Å². The molecule has 4 rings (SSSR count). The molecule has 0 atom stereocenters. The molecular weight excluding hydrogens is 354 g/mol. The fraction of sp³-hybridized carbons (Fsp3) is 0.476. The van der Waals surface area contributed by atoms with Crippen LogP contribution in [0.25, 0.3) is 0 Å². The Bertz CT molecular complexity index is 829. The van der Waals surface area contributed by atoms with Crippen molar-refractivity contribution in [2.24, 2.45) is 0 Å². The highest BCUT2D eigenvalue weighted by Crippen LogP contribution is 2.21. The molecule has 7 nitrogen and oxygen atoms in total. The summed E-state index contributed by atoms with van der Waals surface area (Å²) in [5, 5.41) is 3.06. The number of aryl methyl sites for hydroxylation is 1. The number of hydrogen-bond acceptors (Lipinski definition) is 6. The number of para-hydroxylation sites is 1. The molecule has 1 amide bonds. The van der Waals surface area contributed by atoms with E-state index < -0.39 is 0 Å². The van der Waals surface area contributed by atoms with Crippen LogP contribution in [0.15, 0.2) is 30.3 Å². The smallest absolute Gasteiger partial charge is 0.274 e. The number of nitrogens with zero attached hydrogens (tertiary/aromatic N) is 4. The van der Waals surface area contributed by atoms with Gasteiger partial charge in [-0.2, -0.15) is 0 Å². The topological polar surface area (TPSA) is 70.6 Å². The summed E-state index contributed by atoms with van der Waals surface area (Å²) in [6, 6.07) is 9.75. The van der Waals surface area contributed by atoms with Crippen molar-refractivity contribution in [2.75, 3.05) is 49.6 Å². The van der Waals surface area contributed by atoms with Crippen molar-refractivity contribution >= 4 is 17.5 Å². The summed E-state index contributed by atoms with van der Waals surface area (Å²) < 4.78 is 5.40. The van der Waals surface area contributed by atoms with Gasteiger partial charge in [0.1, 0.15) is 5.69 Å². The summed E-state index contributed by atoms with van der Waals surface area (Å²) in [4.78, 5) is 26.5. The molecule has 2 aliphatic heterocycles. The van der Waals surface area contributed by atoms with Gasteiger partial charge in [0.05, 0.1) is 13.2 Å². The average molecular weight is 381 g/mol. The largest absolute Gasteiger partial charge is 0.378 e. The highest BCUT2D eigenvalue weighted by Gasteiger charge is 2.19. The Morgan fingerprint density at radius 2 is 1.86 bits per heavy atom. The summed E-state index contributed by atoms with van der Waals surface area (Å²) in [6.45, 7) is 7.78. The standard InChI is InChI=1S/C21H27N5O2/c1-16-14-19(24-21(22-16)26-10-12-28-13-11-26)20(27)23-18-7-3-2-6-17(18)15-25-8-4-5-9-25/h2-3,6-7,14H,4-5,8-13,15H2,1H3,(H,23,27). The molecule has 7 heteroatoms. The molecule has 0 saturated carbocycles. The second kappa shape index (κ2) is 8.67. The lowest BCUT2D eigenvalue weighted by Gasteiger charge is -2.27. The van der Waals surface area contributed by atoms with Crippen LogP contribution in [-0.4, -0.2) is 60.2 Å². The molecule has 1 aromatic carbocycles. The second-order valence-corrected chi connectivity index (χ2v) is 7.39. The number of benzene rings is 1. The third-order valence-corrected chi connectivity index (χ3v) is 5.23. The average Bonchev–Trinajstić information content (AvgIpc) is 3.23. The highest BCUT2D eigenvalue weighted by atomic mass is 16.5. The van der Waals surface area contributed by atoms with E-state index in [4.69, 9.17) is 4.74 Å². The molecular formula is C21H27N5O2. The molecule has 0 bridgehead atoms. The van der Waals surface area contributed by atoms with Crippen molar-refractivity contribution in [1.82, 2.24) is 14.9 Å². The van der Waals surface area contributed by atoms with Gasteiger partial charge in [-0.3, -0.25) is 9.69 Å². The van der Waals surface area contributed by atoms with Crippen LogP contribution >= 0.6 is 0 Å². The van der Waals surface area contributed by atoms with Crippen LogP contribution in [-0.2, 0) is 11.3 Å². The zero-order valence-corrected chi connectivity index (χ0v) is 16.4. The molecule has 0 aliphatic carbocycles. The Balaban J connectivity index is 1.51. The van der Waals surface area contributed by atoms with Crippen LogP contribution in [0.1, 0.15) is 34.6 Å². The van der Waals surface area contributed by atoms with Gasteiger partial charge in [-0.05, 0) is 50.6 Å². The molecule has 3 heterocycles. The molecule has 1 N–H and O–H groups in total. The second-order valence-electron chi connectivity index (χ2n) is 7.39. The summed E-state index contributed by atoms with van der Waals surface area (Å²) in [5.41, 5.74) is 3.16. The number of aromatic nitrogens is 2. The molecule has 0 unspecified atom stereocenters. The minimum Gasteiger partial charge on any atom is -0.378 e. The van der Waals surface area contributed by atoms with Crippen LogP contribution in [0.5, 0.6) is 0 Å². The Morgan fingerprint density at radius 1 is 1.11 bits per heavy atom. The molecule has 148 valence electrons. The number of carbonyl (C=O) groups is 1. The molecule has 0 spiro atoms. The maximum absolute atomic E-state index is 12.9. The third kappa shape index (κ3) is 4.48. The van der Waals surface area contributed by atoms with Crippen LogP contribution in [0.4, 0.5) is 11.6 Å². The number of rotatable bonds is 5. The number of carbonyl (C=O) groups excluding carboxylic acids is 1. The number of nitrogens with one attached hydrogen (secondary N) is 1. The maximum Gasteiger partial charge on any atom is 0.274 e. The van der Waals surface area contributed by atoms with E-state index in [0.29, 0.717) is 24.9 Å². The summed E-state index contributed by atoms with van der Waals surface area (Å²) >= 11 is 0. The third-order valence-electron chi connectivity index (χ3n) is 5.23. The summed E-state index contributed by atoms with van der Waals surface area (Å²) in [7, 11) is 0. The molecule has 2 fully saturated rings. The fourth-order valence-electron chi connectivity index (χ4n) is 3.72. The van der Waals surface area contributed by atoms with Gasteiger partial charge in [0, 0.05) is 31.0 Å². The minimum absolute atomic E-state index is 0.200. The van der Waals surface area contributed by atoms with E-state index in [1.54, 1.807) is 6.07 Å². The molecule has 2 saturated heterocycles. The lowest BCUT2D eigenvalue weighted by Crippen LogP contribution is -2.37. The maximum atomic E-state index is 12.9. The molecule has 1 aromatic heterocycles. The monoisotopic (exact) mass is 381 g/mol. The Labute approximate surface area is 165 Å². The summed E-state index contributed by atoms with van der Waals surface area (Å²) in [6.07, 6.45) is 2.50. The van der Waals surface area contributed by atoms with Crippen molar-refractivity contribution < 1.29 is 9.53 Å². The predicted octanol–water partition coefficient (Wildman–Crippen LogP) is 2.47. The quantitative estimate of drug-likeness (QED) is 0.858. The first-order valence-electron chi connectivity index (χ1n) is 9.99. The van der Waals surface area contributed by atoms with Crippen molar-refractivity contribution in [3.05, 3.63) is 47.3 Å². The van der Waals surface area contributed by atoms with E-state index in [9.17, 15) is 4.79 Å². The molecule has 28 heavy (non-hydrogen) atoms. The van der Waals surface area contributed by atoms with Crippen molar-refractivity contribution in [2.45, 2.75) is 26.3 Å². The van der Waals surface area contributed by atoms with Gasteiger partial charge in [-0.15, -0.1) is 0 Å². The molecule has 2 aromatic rings. The van der Waals surface area contributed by atoms with Crippen LogP contribution in [0, 0.1) is 6.92 Å². The molecule has 0 radical (unpaired) electrons. The minimum atomic E-state index is -0.200. The summed E-state index contributed by atoms with van der Waals surface area (Å²) in [5.74, 6) is 0.396. The number of ether oxygens (including phenoxy) is 1. The number of anilines is 2. The number of morpholine rings is 1. The first-order valence-corrected chi connectivity index (χ1v) is 9.99. The number of amides is 1. The number of likely N-dealkylation sites (tertiary alicyclic amines) is 1. The van der Waals surface area contributed by atoms with Crippen LogP contribution < -0.4 is 10.2 Å². The Morgan fingerprint density at radius 3 is 2.64 bits per heavy atom. The molecule has 2 aliphatic rings. The normalized spacial score (nSPS) is 17.7. The van der Waals surface area contributed by atoms with Gasteiger partial charge >= 0.3 is 0 Å². The Hall–Kier alpha value is -2.51. The lowest BCUT2D eigenvalue weighted by molar-refractivity contribution is 0.102. The van der Waals surface area contributed by atoms with Crippen LogP contribution in [0.2, 0.25) is 0 Å². The fourth-order valence-corrected chi connectivity index (χ4v) is 3.72.